The number of hydrogen-bond acceptors (Lipinski definition) is 4. The first-order valence-electron chi connectivity index (χ1n) is 5.47. The van der Waals surface area contributed by atoms with Gasteiger partial charge in [0.25, 0.3) is 10.1 Å². The Balaban J connectivity index is 2.42. The lowest BCUT2D eigenvalue weighted by Crippen LogP contribution is -2.12. The van der Waals surface area contributed by atoms with Gasteiger partial charge in [0.05, 0.1) is 11.4 Å². The molecule has 2 aromatic rings. The molecule has 6 heteroatoms. The fraction of sp³-hybridized carbons (Fsp3) is 0.0769. The maximum absolute atomic E-state index is 11.0. The van der Waals surface area contributed by atoms with Crippen molar-refractivity contribution in [3.63, 3.8) is 0 Å². The highest BCUT2D eigenvalue weighted by Gasteiger charge is 2.14. The molecule has 0 amide bonds. The molecule has 0 aliphatic heterocycles. The van der Waals surface area contributed by atoms with Gasteiger partial charge in [-0.2, -0.15) is 8.42 Å². The molecule has 0 fully saturated rings. The van der Waals surface area contributed by atoms with Crippen molar-refractivity contribution >= 4 is 27.2 Å². The minimum Gasteiger partial charge on any atom is -0.396 e. The third-order valence-corrected chi connectivity index (χ3v) is 3.50. The SMILES string of the molecule is CN(c1ccccc1)c1ccc(S(=O)(=O)O)[c]c1N. The normalized spacial score (nSPS) is 11.3. The number of rotatable bonds is 3. The molecule has 3 N–H and O–H groups in total. The Morgan fingerprint density at radius 3 is 2.32 bits per heavy atom. The standard InChI is InChI=1S/C13H13N2O3S/c1-15(10-5-3-2-4-6-10)13-8-7-11(9-12(13)14)19(16,17)18/h2-8H,14H2,1H3,(H,16,17,18). The zero-order valence-corrected chi connectivity index (χ0v) is 11.1. The van der Waals surface area contributed by atoms with Gasteiger partial charge in [-0.3, -0.25) is 4.55 Å². The molecule has 2 aromatic carbocycles. The van der Waals surface area contributed by atoms with E-state index in [0.29, 0.717) is 5.69 Å². The fourth-order valence-electron chi connectivity index (χ4n) is 1.72. The Hall–Kier alpha value is -2.05. The Bertz CT molecular complexity index is 684. The van der Waals surface area contributed by atoms with Crippen LogP contribution in [0.3, 0.4) is 0 Å². The van der Waals surface area contributed by atoms with E-state index in [0.717, 1.165) is 5.69 Å². The van der Waals surface area contributed by atoms with Crippen molar-refractivity contribution in [1.29, 1.82) is 0 Å². The quantitative estimate of drug-likeness (QED) is 0.663. The van der Waals surface area contributed by atoms with Gasteiger partial charge in [0.2, 0.25) is 0 Å². The van der Waals surface area contributed by atoms with Crippen LogP contribution in [0, 0.1) is 6.07 Å². The van der Waals surface area contributed by atoms with Gasteiger partial charge in [-0.1, -0.05) is 18.2 Å². The molecule has 0 unspecified atom stereocenters. The monoisotopic (exact) mass is 277 g/mol. The summed E-state index contributed by atoms with van der Waals surface area (Å²) < 4.78 is 30.9. The molecule has 0 saturated heterocycles. The van der Waals surface area contributed by atoms with Crippen molar-refractivity contribution in [3.8, 4) is 0 Å². The smallest absolute Gasteiger partial charge is 0.295 e. The van der Waals surface area contributed by atoms with Crippen LogP contribution in [0.25, 0.3) is 0 Å². The summed E-state index contributed by atoms with van der Waals surface area (Å²) in [5.74, 6) is 0. The lowest BCUT2D eigenvalue weighted by molar-refractivity contribution is 0.483. The van der Waals surface area contributed by atoms with Crippen LogP contribution in [0.15, 0.2) is 47.4 Å². The summed E-state index contributed by atoms with van der Waals surface area (Å²) in [7, 11) is -2.48. The second kappa shape index (κ2) is 4.91. The molecule has 19 heavy (non-hydrogen) atoms. The number of anilines is 3. The second-order valence-corrected chi connectivity index (χ2v) is 5.38. The van der Waals surface area contributed by atoms with Gasteiger partial charge in [-0.25, -0.2) is 0 Å². The van der Waals surface area contributed by atoms with Crippen LogP contribution in [0.2, 0.25) is 0 Å². The van der Waals surface area contributed by atoms with Gasteiger partial charge in [0.15, 0.2) is 0 Å². The number of benzene rings is 2. The van der Waals surface area contributed by atoms with Crippen LogP contribution in [0.4, 0.5) is 17.1 Å². The number of nitrogens with zero attached hydrogens (tertiary/aromatic N) is 1. The Labute approximate surface area is 112 Å². The first-order valence-corrected chi connectivity index (χ1v) is 6.91. The van der Waals surface area contributed by atoms with E-state index in [2.05, 4.69) is 6.07 Å². The summed E-state index contributed by atoms with van der Waals surface area (Å²) in [6, 6.07) is 14.7. The van der Waals surface area contributed by atoms with E-state index in [-0.39, 0.29) is 10.6 Å². The first kappa shape index (κ1) is 13.4. The summed E-state index contributed by atoms with van der Waals surface area (Å²) in [6.07, 6.45) is 0. The minimum atomic E-state index is -4.29. The van der Waals surface area contributed by atoms with E-state index in [1.165, 1.54) is 12.1 Å². The summed E-state index contributed by atoms with van der Waals surface area (Å²) >= 11 is 0. The highest BCUT2D eigenvalue weighted by Crippen LogP contribution is 2.29. The van der Waals surface area contributed by atoms with E-state index in [1.54, 1.807) is 4.90 Å². The zero-order chi connectivity index (χ0) is 14.0. The van der Waals surface area contributed by atoms with Crippen molar-refractivity contribution in [2.45, 2.75) is 4.90 Å². The molecule has 0 aromatic heterocycles. The van der Waals surface area contributed by atoms with Gasteiger partial charge in [-0.15, -0.1) is 0 Å². The number of nitrogen functional groups attached to an aromatic ring is 1. The molecule has 5 nitrogen and oxygen atoms in total. The highest BCUT2D eigenvalue weighted by molar-refractivity contribution is 7.85. The zero-order valence-electron chi connectivity index (χ0n) is 10.2. The average molecular weight is 277 g/mol. The second-order valence-electron chi connectivity index (χ2n) is 3.99. The topological polar surface area (TPSA) is 83.6 Å². The van der Waals surface area contributed by atoms with Crippen LogP contribution in [-0.4, -0.2) is 20.0 Å². The molecule has 0 heterocycles. The number of para-hydroxylation sites is 1. The van der Waals surface area contributed by atoms with E-state index in [9.17, 15) is 8.42 Å². The molecule has 0 saturated carbocycles. The number of nitrogens with two attached hydrogens (primary N) is 1. The van der Waals surface area contributed by atoms with Gasteiger partial charge in [-0.05, 0) is 24.3 Å². The van der Waals surface area contributed by atoms with E-state index in [4.69, 9.17) is 10.3 Å². The summed E-state index contributed by atoms with van der Waals surface area (Å²) in [5.41, 5.74) is 7.45. The third kappa shape index (κ3) is 2.86. The molecule has 1 radical (unpaired) electrons. The predicted molar refractivity (Wildman–Crippen MR) is 74.0 cm³/mol. The van der Waals surface area contributed by atoms with Crippen molar-refractivity contribution in [1.82, 2.24) is 0 Å². The maximum Gasteiger partial charge on any atom is 0.295 e. The summed E-state index contributed by atoms with van der Waals surface area (Å²) in [4.78, 5) is 1.47. The Morgan fingerprint density at radius 2 is 1.79 bits per heavy atom. The van der Waals surface area contributed by atoms with Gasteiger partial charge >= 0.3 is 0 Å². The Kier molecular flexibility index (Phi) is 3.46. The molecule has 0 aliphatic carbocycles. The van der Waals surface area contributed by atoms with Crippen molar-refractivity contribution in [2.75, 3.05) is 17.7 Å². The fourth-order valence-corrected chi connectivity index (χ4v) is 2.20. The average Bonchev–Trinajstić information content (AvgIpc) is 2.38. The first-order chi connectivity index (χ1) is 8.89. The van der Waals surface area contributed by atoms with E-state index in [1.807, 2.05) is 37.4 Å². The number of hydrogen-bond donors (Lipinski definition) is 2. The largest absolute Gasteiger partial charge is 0.396 e. The molecular formula is C13H13N2O3S. The van der Waals surface area contributed by atoms with Crippen LogP contribution in [0.5, 0.6) is 0 Å². The van der Waals surface area contributed by atoms with E-state index < -0.39 is 10.1 Å². The van der Waals surface area contributed by atoms with Gasteiger partial charge < -0.3 is 10.6 Å². The lowest BCUT2D eigenvalue weighted by atomic mass is 10.2. The van der Waals surface area contributed by atoms with E-state index >= 15 is 0 Å². The molecule has 0 aliphatic rings. The maximum atomic E-state index is 11.0. The Morgan fingerprint density at radius 1 is 1.16 bits per heavy atom. The minimum absolute atomic E-state index is 0.154. The molecular weight excluding hydrogens is 264 g/mol. The van der Waals surface area contributed by atoms with Crippen LogP contribution in [-0.2, 0) is 10.1 Å². The van der Waals surface area contributed by atoms with Crippen molar-refractivity contribution in [2.24, 2.45) is 0 Å². The van der Waals surface area contributed by atoms with Gasteiger partial charge in [0.1, 0.15) is 4.90 Å². The predicted octanol–water partition coefficient (Wildman–Crippen LogP) is 2.08. The van der Waals surface area contributed by atoms with Crippen LogP contribution < -0.4 is 10.6 Å². The molecule has 0 atom stereocenters. The summed E-state index contributed by atoms with van der Waals surface area (Å²) in [6.45, 7) is 0. The van der Waals surface area contributed by atoms with Gasteiger partial charge in [0, 0.05) is 18.8 Å². The van der Waals surface area contributed by atoms with Crippen LogP contribution in [0.1, 0.15) is 0 Å². The van der Waals surface area contributed by atoms with Crippen LogP contribution >= 0.6 is 0 Å². The lowest BCUT2D eigenvalue weighted by Gasteiger charge is -2.21. The van der Waals surface area contributed by atoms with Crippen molar-refractivity contribution < 1.29 is 13.0 Å². The molecule has 2 rings (SSSR count). The molecule has 0 spiro atoms. The molecule has 0 bridgehead atoms. The molecule has 99 valence electrons. The summed E-state index contributed by atoms with van der Waals surface area (Å²) in [5, 5.41) is 0. The third-order valence-electron chi connectivity index (χ3n) is 2.71. The van der Waals surface area contributed by atoms with Crippen molar-refractivity contribution in [3.05, 3.63) is 48.5 Å². The highest BCUT2D eigenvalue weighted by atomic mass is 32.2.